The Labute approximate surface area is 99.4 Å². The molecule has 0 heterocycles. The Morgan fingerprint density at radius 2 is 1.56 bits per heavy atom. The van der Waals surface area contributed by atoms with E-state index in [0.29, 0.717) is 0 Å². The van der Waals surface area contributed by atoms with Gasteiger partial charge in [0, 0.05) is 0 Å². The minimum atomic E-state index is -0.319. The first kappa shape index (κ1) is 10.9. The Kier molecular flexibility index (Phi) is 3.34. The van der Waals surface area contributed by atoms with Gasteiger partial charge in [-0.2, -0.15) is 0 Å². The van der Waals surface area contributed by atoms with Crippen LogP contribution in [0.15, 0.2) is 54.6 Å². The molecule has 0 N–H and O–H groups in total. The average Bonchev–Trinajstić information content (AvgIpc) is 2.31. The molecule has 0 aliphatic carbocycles. The normalized spacial score (nSPS) is 10.0. The van der Waals surface area contributed by atoms with E-state index in [2.05, 4.69) is 0 Å². The van der Waals surface area contributed by atoms with Crippen molar-refractivity contribution in [2.24, 2.45) is 0 Å². The van der Waals surface area contributed by atoms with E-state index in [0.717, 1.165) is 8.92 Å². The molecule has 0 aliphatic heterocycles. The van der Waals surface area contributed by atoms with Gasteiger partial charge >= 0.3 is 99.2 Å². The number of nitro benzene ring substituents is 1. The molecule has 2 aromatic carbocycles. The monoisotopic (exact) mass is 279 g/mol. The van der Waals surface area contributed by atoms with Gasteiger partial charge in [-0.15, -0.1) is 0 Å². The van der Waals surface area contributed by atoms with Crippen LogP contribution in [0.5, 0.6) is 0 Å². The van der Waals surface area contributed by atoms with Crippen LogP contribution in [0, 0.1) is 10.1 Å². The summed E-state index contributed by atoms with van der Waals surface area (Å²) in [5, 5.41) is 10.8. The zero-order valence-electron chi connectivity index (χ0n) is 8.37. The molecule has 80 valence electrons. The molecule has 0 saturated heterocycles. The summed E-state index contributed by atoms with van der Waals surface area (Å²) in [5.41, 5.74) is 0.214. The topological polar surface area (TPSA) is 43.1 Å². The van der Waals surface area contributed by atoms with Crippen molar-refractivity contribution < 1.29 is 4.92 Å². The molecule has 0 saturated carbocycles. The van der Waals surface area contributed by atoms with Crippen molar-refractivity contribution >= 4 is 29.6 Å². The van der Waals surface area contributed by atoms with Crippen molar-refractivity contribution in [3.05, 3.63) is 64.7 Å². The molecule has 2 rings (SSSR count). The molecule has 0 fully saturated rings. The molecule has 0 atom stereocenters. The first-order chi connectivity index (χ1) is 7.77. The fourth-order valence-electron chi connectivity index (χ4n) is 1.31. The molecule has 0 amide bonds. The van der Waals surface area contributed by atoms with Gasteiger partial charge in [-0.3, -0.25) is 0 Å². The number of nitro groups is 1. The molecule has 3 nitrogen and oxygen atoms in total. The van der Waals surface area contributed by atoms with Gasteiger partial charge in [-0.1, -0.05) is 0 Å². The second kappa shape index (κ2) is 4.92. The van der Waals surface area contributed by atoms with Gasteiger partial charge in [0.05, 0.1) is 0 Å². The minimum absolute atomic E-state index is 0.00900. The zero-order chi connectivity index (χ0) is 11.4. The van der Waals surface area contributed by atoms with E-state index in [9.17, 15) is 10.1 Å². The van der Waals surface area contributed by atoms with Gasteiger partial charge in [0.2, 0.25) is 0 Å². The van der Waals surface area contributed by atoms with Crippen molar-refractivity contribution in [2.45, 2.75) is 0 Å². The third-order valence-electron chi connectivity index (χ3n) is 2.03. The molecule has 0 aromatic heterocycles. The fraction of sp³-hybridized carbons (Fsp3) is 0. The third-order valence-corrected chi connectivity index (χ3v) is 4.28. The van der Waals surface area contributed by atoms with Crippen LogP contribution in [0.3, 0.4) is 0 Å². The maximum atomic E-state index is 10.8. The SMILES string of the molecule is O=[N+]([O-])c1ccccc1[Se]c1ccccc1. The van der Waals surface area contributed by atoms with Crippen LogP contribution < -0.4 is 8.92 Å². The van der Waals surface area contributed by atoms with Crippen molar-refractivity contribution in [1.82, 2.24) is 0 Å². The Bertz CT molecular complexity index is 499. The number of hydrogen-bond donors (Lipinski definition) is 0. The molecule has 16 heavy (non-hydrogen) atoms. The van der Waals surface area contributed by atoms with Gasteiger partial charge in [-0.25, -0.2) is 0 Å². The molecular formula is C12H9NO2Se. The Morgan fingerprint density at radius 1 is 0.938 bits per heavy atom. The van der Waals surface area contributed by atoms with Crippen LogP contribution in [0.4, 0.5) is 5.69 Å². The molecule has 0 unspecified atom stereocenters. The van der Waals surface area contributed by atoms with Gasteiger partial charge < -0.3 is 0 Å². The van der Waals surface area contributed by atoms with Crippen LogP contribution in [0.25, 0.3) is 0 Å². The molecule has 0 spiro atoms. The second-order valence-corrected chi connectivity index (χ2v) is 5.48. The number of nitrogens with zero attached hydrogens (tertiary/aromatic N) is 1. The predicted octanol–water partition coefficient (Wildman–Crippen LogP) is 1.25. The summed E-state index contributed by atoms with van der Waals surface area (Å²) in [6, 6.07) is 16.8. The first-order valence-electron chi connectivity index (χ1n) is 4.74. The van der Waals surface area contributed by atoms with E-state index in [1.807, 2.05) is 42.5 Å². The van der Waals surface area contributed by atoms with Crippen LogP contribution in [0.2, 0.25) is 0 Å². The Balaban J connectivity index is 2.31. The molecule has 4 heteroatoms. The summed E-state index contributed by atoms with van der Waals surface area (Å²) in [4.78, 5) is 10.5. The summed E-state index contributed by atoms with van der Waals surface area (Å²) in [6.07, 6.45) is 0. The van der Waals surface area contributed by atoms with Crippen LogP contribution in [-0.2, 0) is 0 Å². The average molecular weight is 278 g/mol. The summed E-state index contributed by atoms with van der Waals surface area (Å²) in [6.45, 7) is 0. The van der Waals surface area contributed by atoms with E-state index in [1.54, 1.807) is 12.1 Å². The van der Waals surface area contributed by atoms with Crippen LogP contribution in [-0.4, -0.2) is 19.9 Å². The van der Waals surface area contributed by atoms with E-state index < -0.39 is 0 Å². The van der Waals surface area contributed by atoms with Crippen LogP contribution in [0.1, 0.15) is 0 Å². The zero-order valence-corrected chi connectivity index (χ0v) is 10.1. The van der Waals surface area contributed by atoms with E-state index in [-0.39, 0.29) is 25.6 Å². The van der Waals surface area contributed by atoms with Crippen LogP contribution >= 0.6 is 0 Å². The van der Waals surface area contributed by atoms with Crippen molar-refractivity contribution in [1.29, 1.82) is 0 Å². The van der Waals surface area contributed by atoms with Gasteiger partial charge in [0.15, 0.2) is 0 Å². The first-order valence-corrected chi connectivity index (χ1v) is 6.45. The van der Waals surface area contributed by atoms with E-state index in [1.165, 1.54) is 0 Å². The number of benzene rings is 2. The quantitative estimate of drug-likeness (QED) is 0.482. The number of rotatable bonds is 3. The van der Waals surface area contributed by atoms with Gasteiger partial charge in [0.25, 0.3) is 0 Å². The van der Waals surface area contributed by atoms with E-state index in [4.69, 9.17) is 0 Å². The fourth-order valence-corrected chi connectivity index (χ4v) is 3.28. The van der Waals surface area contributed by atoms with Crippen molar-refractivity contribution in [2.75, 3.05) is 0 Å². The number of hydrogen-bond acceptors (Lipinski definition) is 2. The summed E-state index contributed by atoms with van der Waals surface area (Å²) in [7, 11) is 0. The standard InChI is InChI=1S/C12H9NO2Se/c14-13(15)11-8-4-5-9-12(11)16-10-6-2-1-3-7-10/h1-9H. The molecule has 0 aliphatic rings. The van der Waals surface area contributed by atoms with Gasteiger partial charge in [-0.05, 0) is 0 Å². The second-order valence-electron chi connectivity index (χ2n) is 3.14. The molecular weight excluding hydrogens is 269 g/mol. The number of para-hydroxylation sites is 1. The van der Waals surface area contributed by atoms with E-state index >= 15 is 0 Å². The molecule has 2 aromatic rings. The molecule has 0 bridgehead atoms. The predicted molar refractivity (Wildman–Crippen MR) is 64.6 cm³/mol. The third kappa shape index (κ3) is 2.48. The van der Waals surface area contributed by atoms with Crippen molar-refractivity contribution in [3.63, 3.8) is 0 Å². The van der Waals surface area contributed by atoms with Gasteiger partial charge in [0.1, 0.15) is 0 Å². The summed E-state index contributed by atoms with van der Waals surface area (Å²) in [5.74, 6) is 0. The summed E-state index contributed by atoms with van der Waals surface area (Å²) >= 11 is -0.00900. The maximum absolute atomic E-state index is 10.8. The summed E-state index contributed by atoms with van der Waals surface area (Å²) < 4.78 is 1.95. The Hall–Kier alpha value is -1.64. The van der Waals surface area contributed by atoms with Crippen molar-refractivity contribution in [3.8, 4) is 0 Å². The Morgan fingerprint density at radius 3 is 2.25 bits per heavy atom. The molecule has 0 radical (unpaired) electrons.